The Bertz CT molecular complexity index is 526. The van der Waals surface area contributed by atoms with Crippen molar-refractivity contribution in [2.75, 3.05) is 13.1 Å². The second-order valence-electron chi connectivity index (χ2n) is 6.52. The van der Waals surface area contributed by atoms with Crippen molar-refractivity contribution in [2.45, 2.75) is 39.5 Å². The van der Waals surface area contributed by atoms with Crippen LogP contribution in [0.2, 0.25) is 0 Å². The Hall–Kier alpha value is -1.84. The molecule has 1 aliphatic heterocycles. The van der Waals surface area contributed by atoms with Crippen LogP contribution in [0.5, 0.6) is 0 Å². The molecule has 2 rings (SSSR count). The van der Waals surface area contributed by atoms with Gasteiger partial charge in [-0.1, -0.05) is 44.2 Å². The molecule has 1 fully saturated rings. The molecule has 0 aliphatic carbocycles. The molecule has 1 N–H and O–H groups in total. The maximum Gasteiger partial charge on any atom is 0.311 e. The monoisotopic (exact) mass is 303 g/mol. The van der Waals surface area contributed by atoms with E-state index >= 15 is 0 Å². The van der Waals surface area contributed by atoms with Gasteiger partial charge in [0.25, 0.3) is 0 Å². The molecular formula is C18H25NO3. The number of carbonyl (C=O) groups excluding carboxylic acids is 1. The summed E-state index contributed by atoms with van der Waals surface area (Å²) in [5.74, 6) is -0.658. The number of hydrogen-bond donors (Lipinski definition) is 1. The van der Waals surface area contributed by atoms with E-state index in [0.717, 1.165) is 12.8 Å². The van der Waals surface area contributed by atoms with Crippen LogP contribution in [0.4, 0.5) is 0 Å². The zero-order chi connectivity index (χ0) is 16.2. The molecule has 1 aromatic carbocycles. The first-order chi connectivity index (χ1) is 10.5. The third kappa shape index (κ3) is 3.49. The van der Waals surface area contributed by atoms with Crippen LogP contribution in [0.25, 0.3) is 0 Å². The summed E-state index contributed by atoms with van der Waals surface area (Å²) in [6.45, 7) is 4.77. The molecule has 0 spiro atoms. The molecule has 4 heteroatoms. The number of carbonyl (C=O) groups is 2. The Morgan fingerprint density at radius 2 is 1.95 bits per heavy atom. The maximum absolute atomic E-state index is 12.3. The lowest BCUT2D eigenvalue weighted by Gasteiger charge is -2.28. The van der Waals surface area contributed by atoms with Gasteiger partial charge in [-0.3, -0.25) is 9.59 Å². The molecule has 1 aromatic rings. The van der Waals surface area contributed by atoms with E-state index in [4.69, 9.17) is 0 Å². The molecule has 4 nitrogen and oxygen atoms in total. The normalized spacial score (nSPS) is 21.3. The van der Waals surface area contributed by atoms with E-state index in [1.165, 1.54) is 5.56 Å². The number of likely N-dealkylation sites (tertiary alicyclic amines) is 1. The highest BCUT2D eigenvalue weighted by Crippen LogP contribution is 2.38. The van der Waals surface area contributed by atoms with Crippen LogP contribution >= 0.6 is 0 Å². The maximum atomic E-state index is 12.3. The fraction of sp³-hybridized carbons (Fsp3) is 0.556. The van der Waals surface area contributed by atoms with Gasteiger partial charge in [-0.05, 0) is 30.7 Å². The number of carboxylic acid groups (broad SMARTS) is 1. The fourth-order valence-electron chi connectivity index (χ4n) is 3.19. The van der Waals surface area contributed by atoms with E-state index < -0.39 is 11.4 Å². The van der Waals surface area contributed by atoms with E-state index in [9.17, 15) is 14.7 Å². The van der Waals surface area contributed by atoms with Gasteiger partial charge in [-0.2, -0.15) is 0 Å². The molecule has 0 aromatic heterocycles. The van der Waals surface area contributed by atoms with Crippen molar-refractivity contribution in [3.8, 4) is 0 Å². The summed E-state index contributed by atoms with van der Waals surface area (Å²) < 4.78 is 0. The molecule has 120 valence electrons. The topological polar surface area (TPSA) is 57.6 Å². The van der Waals surface area contributed by atoms with Gasteiger partial charge in [0.2, 0.25) is 5.91 Å². The molecule has 1 heterocycles. The van der Waals surface area contributed by atoms with Crippen LogP contribution < -0.4 is 0 Å². The van der Waals surface area contributed by atoms with E-state index in [1.807, 2.05) is 32.0 Å². The number of rotatable bonds is 6. The van der Waals surface area contributed by atoms with Gasteiger partial charge >= 0.3 is 5.97 Å². The second-order valence-corrected chi connectivity index (χ2v) is 6.52. The predicted octanol–water partition coefficient (Wildman–Crippen LogP) is 2.97. The van der Waals surface area contributed by atoms with Gasteiger partial charge in [0.15, 0.2) is 0 Å². The smallest absolute Gasteiger partial charge is 0.311 e. The molecular weight excluding hydrogens is 278 g/mol. The average molecular weight is 303 g/mol. The SMILES string of the molecule is CC(C)C1(C(=O)O)CCN(C(=O)CCCc2ccccc2)C1. The van der Waals surface area contributed by atoms with Crippen LogP contribution in [0, 0.1) is 11.3 Å². The van der Waals surface area contributed by atoms with Gasteiger partial charge in [0.05, 0.1) is 5.41 Å². The van der Waals surface area contributed by atoms with E-state index in [2.05, 4.69) is 12.1 Å². The summed E-state index contributed by atoms with van der Waals surface area (Å²) in [5.41, 5.74) is 0.466. The predicted molar refractivity (Wildman–Crippen MR) is 85.5 cm³/mol. The molecule has 0 bridgehead atoms. The number of aliphatic carboxylic acids is 1. The van der Waals surface area contributed by atoms with Crippen molar-refractivity contribution in [1.29, 1.82) is 0 Å². The minimum atomic E-state index is -0.776. The molecule has 1 saturated heterocycles. The summed E-state index contributed by atoms with van der Waals surface area (Å²) >= 11 is 0. The minimum absolute atomic E-state index is 0.0344. The highest BCUT2D eigenvalue weighted by atomic mass is 16.4. The van der Waals surface area contributed by atoms with E-state index in [0.29, 0.717) is 25.9 Å². The third-order valence-corrected chi connectivity index (χ3v) is 4.88. The first-order valence-corrected chi connectivity index (χ1v) is 8.01. The van der Waals surface area contributed by atoms with E-state index in [1.54, 1.807) is 4.90 Å². The molecule has 1 unspecified atom stereocenters. The summed E-state index contributed by atoms with van der Waals surface area (Å²) in [7, 11) is 0. The van der Waals surface area contributed by atoms with Crippen molar-refractivity contribution in [3.63, 3.8) is 0 Å². The van der Waals surface area contributed by atoms with Crippen LogP contribution in [-0.2, 0) is 16.0 Å². The highest BCUT2D eigenvalue weighted by Gasteiger charge is 2.48. The van der Waals surface area contributed by atoms with Gasteiger partial charge in [-0.25, -0.2) is 0 Å². The zero-order valence-electron chi connectivity index (χ0n) is 13.4. The summed E-state index contributed by atoms with van der Waals surface area (Å²) in [6.07, 6.45) is 2.74. The molecule has 0 saturated carbocycles. The number of amides is 1. The molecule has 1 atom stereocenters. The molecule has 0 radical (unpaired) electrons. The largest absolute Gasteiger partial charge is 0.481 e. The Balaban J connectivity index is 1.85. The summed E-state index contributed by atoms with van der Waals surface area (Å²) in [6, 6.07) is 10.1. The fourth-order valence-corrected chi connectivity index (χ4v) is 3.19. The van der Waals surface area contributed by atoms with Crippen LogP contribution in [0.3, 0.4) is 0 Å². The number of benzene rings is 1. The minimum Gasteiger partial charge on any atom is -0.481 e. The van der Waals surface area contributed by atoms with Crippen LogP contribution in [0.15, 0.2) is 30.3 Å². The number of hydrogen-bond acceptors (Lipinski definition) is 2. The summed E-state index contributed by atoms with van der Waals surface area (Å²) in [4.78, 5) is 25.6. The third-order valence-electron chi connectivity index (χ3n) is 4.88. The van der Waals surface area contributed by atoms with Crippen molar-refractivity contribution >= 4 is 11.9 Å². The molecule has 1 aliphatic rings. The number of aryl methyl sites for hydroxylation is 1. The van der Waals surface area contributed by atoms with Crippen molar-refractivity contribution in [3.05, 3.63) is 35.9 Å². The van der Waals surface area contributed by atoms with E-state index in [-0.39, 0.29) is 11.8 Å². The summed E-state index contributed by atoms with van der Waals surface area (Å²) in [5, 5.41) is 9.52. The van der Waals surface area contributed by atoms with Gasteiger partial charge < -0.3 is 10.0 Å². The lowest BCUT2D eigenvalue weighted by molar-refractivity contribution is -0.151. The molecule has 1 amide bonds. The Labute approximate surface area is 132 Å². The zero-order valence-corrected chi connectivity index (χ0v) is 13.4. The Morgan fingerprint density at radius 3 is 2.50 bits per heavy atom. The van der Waals surface area contributed by atoms with Gasteiger partial charge in [0, 0.05) is 19.5 Å². The second kappa shape index (κ2) is 6.95. The number of nitrogens with zero attached hydrogens (tertiary/aromatic N) is 1. The number of carboxylic acids is 1. The molecule has 22 heavy (non-hydrogen) atoms. The Morgan fingerprint density at radius 1 is 1.27 bits per heavy atom. The quantitative estimate of drug-likeness (QED) is 0.879. The highest BCUT2D eigenvalue weighted by molar-refractivity contribution is 5.80. The van der Waals surface area contributed by atoms with Crippen molar-refractivity contribution in [1.82, 2.24) is 4.90 Å². The standard InChI is InChI=1S/C18H25NO3/c1-14(2)18(17(21)22)11-12-19(13-18)16(20)10-6-9-15-7-4-3-5-8-15/h3-5,7-8,14H,6,9-13H2,1-2H3,(H,21,22). The van der Waals surface area contributed by atoms with Gasteiger partial charge in [-0.15, -0.1) is 0 Å². The van der Waals surface area contributed by atoms with Crippen molar-refractivity contribution in [2.24, 2.45) is 11.3 Å². The van der Waals surface area contributed by atoms with Crippen molar-refractivity contribution < 1.29 is 14.7 Å². The first kappa shape index (κ1) is 16.5. The van der Waals surface area contributed by atoms with Crippen LogP contribution in [-0.4, -0.2) is 35.0 Å². The lowest BCUT2D eigenvalue weighted by atomic mass is 9.76. The Kier molecular flexibility index (Phi) is 5.22. The average Bonchev–Trinajstić information content (AvgIpc) is 2.95. The lowest BCUT2D eigenvalue weighted by Crippen LogP contribution is -2.40. The first-order valence-electron chi connectivity index (χ1n) is 8.01. The van der Waals surface area contributed by atoms with Gasteiger partial charge in [0.1, 0.15) is 0 Å². The van der Waals surface area contributed by atoms with Crippen LogP contribution in [0.1, 0.15) is 38.7 Å².